The monoisotopic (exact) mass is 495 g/mol. The van der Waals surface area contributed by atoms with Gasteiger partial charge in [0.05, 0.1) is 0 Å². The Labute approximate surface area is 196 Å². The molecule has 5 rings (SSSR count). The highest BCUT2D eigenvalue weighted by molar-refractivity contribution is 8.97. The van der Waals surface area contributed by atoms with Crippen LogP contribution in [-0.4, -0.2) is 5.11 Å². The number of fused-ring (bicyclic) bond motifs is 3. The van der Waals surface area contributed by atoms with Crippen LogP contribution in [0.1, 0.15) is 0 Å². The smallest absolute Gasteiger partial charge is 0.292 e. The quantitative estimate of drug-likeness (QED) is 0.309. The van der Waals surface area contributed by atoms with Crippen molar-refractivity contribution in [2.24, 2.45) is 0 Å². The van der Waals surface area contributed by atoms with Crippen LogP contribution in [-0.2, 0) is 23.6 Å². The lowest BCUT2D eigenvalue weighted by atomic mass is 10.0. The van der Waals surface area contributed by atoms with E-state index >= 15 is 0 Å². The van der Waals surface area contributed by atoms with Gasteiger partial charge in [0, 0.05) is 22.0 Å². The summed E-state index contributed by atoms with van der Waals surface area (Å²) in [5.41, 5.74) is 1.46. The maximum atomic E-state index is 10.4. The highest BCUT2D eigenvalue weighted by Gasteiger charge is 2.40. The fourth-order valence-electron chi connectivity index (χ4n) is 3.65. The molecule has 31 heavy (non-hydrogen) atoms. The van der Waals surface area contributed by atoms with E-state index in [0.29, 0.717) is 0 Å². The lowest BCUT2D eigenvalue weighted by Crippen LogP contribution is -2.15. The molecule has 2 atom stereocenters. The van der Waals surface area contributed by atoms with Gasteiger partial charge in [0.15, 0.2) is 28.1 Å². The number of hydrogen-bond acceptors (Lipinski definition) is 5. The molecule has 2 nitrogen and oxygen atoms in total. The third-order valence-electron chi connectivity index (χ3n) is 5.07. The van der Waals surface area contributed by atoms with Crippen LogP contribution in [0, 0.1) is 0 Å². The molecule has 0 fully saturated rings. The number of hydrogen-bond donors (Lipinski definition) is 1. The molecule has 0 aliphatic carbocycles. The average molecular weight is 496 g/mol. The van der Waals surface area contributed by atoms with E-state index in [-0.39, 0.29) is 5.75 Å². The van der Waals surface area contributed by atoms with Crippen molar-refractivity contribution >= 4 is 56.6 Å². The van der Waals surface area contributed by atoms with Crippen molar-refractivity contribution in [3.05, 3.63) is 97.1 Å². The van der Waals surface area contributed by atoms with Crippen LogP contribution in [0.25, 0.3) is 22.3 Å². The van der Waals surface area contributed by atoms with Gasteiger partial charge in [-0.3, -0.25) is 0 Å². The van der Waals surface area contributed by atoms with Crippen LogP contribution in [0.3, 0.4) is 0 Å². The standard InChI is InChI=1S/C24H16O2P2S3/c25-21-13-5-1-9-17(21)19-11-3-7-15-23(19)27(29)31-28(30)24-16-8-4-12-20(24)18-10-2-6-14-22(18)26-28/h1-16H/p+1. The number of benzene rings is 4. The molecule has 0 saturated heterocycles. The van der Waals surface area contributed by atoms with Crippen LogP contribution in [0.2, 0.25) is 0 Å². The summed E-state index contributed by atoms with van der Waals surface area (Å²) in [6.07, 6.45) is 0. The fourth-order valence-corrected chi connectivity index (χ4v) is 18.7. The number of aromatic hydroxyl groups is 1. The number of para-hydroxylation sites is 2. The summed E-state index contributed by atoms with van der Waals surface area (Å²) in [5.74, 6) is -0.0402. The Kier molecular flexibility index (Phi) is 5.73. The van der Waals surface area contributed by atoms with E-state index in [1.54, 1.807) is 17.1 Å². The predicted octanol–water partition coefficient (Wildman–Crippen LogP) is 6.97. The molecule has 1 heterocycles. The molecule has 0 amide bonds. The second kappa shape index (κ2) is 8.50. The van der Waals surface area contributed by atoms with E-state index in [0.717, 1.165) is 38.6 Å². The lowest BCUT2D eigenvalue weighted by Gasteiger charge is -2.28. The SMILES string of the molecule is Oc1ccccc1-c1ccccc1[P+](=S)SP1(=S)Oc2ccccc2-c2ccccc21. The van der Waals surface area contributed by atoms with Crippen molar-refractivity contribution in [2.75, 3.05) is 0 Å². The van der Waals surface area contributed by atoms with Gasteiger partial charge in [-0.1, -0.05) is 66.7 Å². The number of phenols is 1. The maximum Gasteiger partial charge on any atom is 0.292 e. The van der Waals surface area contributed by atoms with Gasteiger partial charge in [0.2, 0.25) is 5.47 Å². The van der Waals surface area contributed by atoms with E-state index in [1.165, 1.54) is 0 Å². The molecule has 1 aliphatic rings. The summed E-state index contributed by atoms with van der Waals surface area (Å²) in [5, 5.41) is 12.5. The van der Waals surface area contributed by atoms with E-state index in [4.69, 9.17) is 28.1 Å². The normalized spacial score (nSPS) is 17.2. The van der Waals surface area contributed by atoms with Gasteiger partial charge in [-0.2, -0.15) is 0 Å². The molecule has 0 radical (unpaired) electrons. The maximum absolute atomic E-state index is 10.4. The van der Waals surface area contributed by atoms with Crippen LogP contribution in [0.4, 0.5) is 0 Å². The first-order chi connectivity index (χ1) is 15.1. The van der Waals surface area contributed by atoms with Crippen molar-refractivity contribution in [2.45, 2.75) is 0 Å². The van der Waals surface area contributed by atoms with Gasteiger partial charge in [0.25, 0.3) is 5.90 Å². The van der Waals surface area contributed by atoms with Crippen LogP contribution >= 0.6 is 22.4 Å². The molecule has 4 aromatic carbocycles. The summed E-state index contributed by atoms with van der Waals surface area (Å²) in [4.78, 5) is 0. The van der Waals surface area contributed by atoms with Gasteiger partial charge in [-0.25, -0.2) is 0 Å². The Bertz CT molecular complexity index is 1370. The average Bonchev–Trinajstić information content (AvgIpc) is 2.79. The third kappa shape index (κ3) is 3.86. The molecule has 0 saturated carbocycles. The summed E-state index contributed by atoms with van der Waals surface area (Å²) >= 11 is 13.8. The zero-order valence-corrected chi connectivity index (χ0v) is 20.5. The molecule has 4 aromatic rings. The molecule has 0 spiro atoms. The van der Waals surface area contributed by atoms with E-state index in [9.17, 15) is 5.11 Å². The van der Waals surface area contributed by atoms with Crippen LogP contribution in [0.15, 0.2) is 97.1 Å². The summed E-state index contributed by atoms with van der Waals surface area (Å²) in [6.45, 7) is 0. The van der Waals surface area contributed by atoms with E-state index in [2.05, 4.69) is 18.2 Å². The number of phenolic OH excluding ortho intramolecular Hbond substituents is 1. The van der Waals surface area contributed by atoms with Gasteiger partial charge in [-0.15, -0.1) is 0 Å². The zero-order valence-electron chi connectivity index (χ0n) is 16.2. The lowest BCUT2D eigenvalue weighted by molar-refractivity contribution is 0.477. The second-order valence-electron chi connectivity index (χ2n) is 6.98. The van der Waals surface area contributed by atoms with Crippen molar-refractivity contribution in [1.82, 2.24) is 0 Å². The summed E-state index contributed by atoms with van der Waals surface area (Å²) < 4.78 is 6.50. The summed E-state index contributed by atoms with van der Waals surface area (Å²) in [6, 6.07) is 31.6. The van der Waals surface area contributed by atoms with Crippen LogP contribution < -0.4 is 15.1 Å². The first kappa shape index (κ1) is 20.9. The van der Waals surface area contributed by atoms with Gasteiger partial charge < -0.3 is 9.63 Å². The first-order valence-electron chi connectivity index (χ1n) is 9.60. The summed E-state index contributed by atoms with van der Waals surface area (Å²) in [7, 11) is 0. The van der Waals surface area contributed by atoms with Crippen molar-refractivity contribution < 1.29 is 9.63 Å². The first-order valence-corrected chi connectivity index (χ1v) is 16.7. The largest absolute Gasteiger partial charge is 0.507 e. The highest BCUT2D eigenvalue weighted by Crippen LogP contribution is 2.71. The van der Waals surface area contributed by atoms with Crippen molar-refractivity contribution in [3.8, 4) is 33.8 Å². The minimum atomic E-state index is -2.47. The van der Waals surface area contributed by atoms with Gasteiger partial charge in [0.1, 0.15) is 11.5 Å². The van der Waals surface area contributed by atoms with Gasteiger partial charge in [-0.05, 0) is 47.7 Å². The molecule has 1 N–H and O–H groups in total. The number of rotatable bonds is 4. The van der Waals surface area contributed by atoms with E-state index in [1.807, 2.05) is 72.8 Å². The molecule has 7 heteroatoms. The molecule has 1 aliphatic heterocycles. The molecule has 152 valence electrons. The Balaban J connectivity index is 1.57. The Hall–Kier alpha value is -2.00. The highest BCUT2D eigenvalue weighted by atomic mass is 33.2. The third-order valence-corrected chi connectivity index (χ3v) is 18.4. The molecule has 0 aromatic heterocycles. The molecular formula is C24H17O2P2S3+. The van der Waals surface area contributed by atoms with Crippen LogP contribution in [0.5, 0.6) is 11.5 Å². The molecule has 0 bridgehead atoms. The minimum Gasteiger partial charge on any atom is -0.507 e. The Morgan fingerprint density at radius 1 is 0.710 bits per heavy atom. The zero-order chi connectivity index (χ0) is 21.4. The Morgan fingerprint density at radius 3 is 2.06 bits per heavy atom. The van der Waals surface area contributed by atoms with E-state index < -0.39 is 11.4 Å². The second-order valence-corrected chi connectivity index (χ2v) is 18.4. The van der Waals surface area contributed by atoms with Gasteiger partial charge >= 0.3 is 0 Å². The topological polar surface area (TPSA) is 29.5 Å². The van der Waals surface area contributed by atoms with Crippen molar-refractivity contribution in [3.63, 3.8) is 0 Å². The predicted molar refractivity (Wildman–Crippen MR) is 141 cm³/mol. The van der Waals surface area contributed by atoms with Crippen molar-refractivity contribution in [1.29, 1.82) is 0 Å². The minimum absolute atomic E-state index is 0.245. The molecule has 2 unspecified atom stereocenters. The Morgan fingerprint density at radius 2 is 1.29 bits per heavy atom. The molecular weight excluding hydrogens is 478 g/mol. The fraction of sp³-hybridized carbons (Fsp3) is 0.